The molecule has 1 unspecified atom stereocenters. The van der Waals surface area contributed by atoms with Crippen LogP contribution in [0.2, 0.25) is 0 Å². The van der Waals surface area contributed by atoms with E-state index in [2.05, 4.69) is 29.8 Å². The molecule has 0 radical (unpaired) electrons. The molecule has 1 aromatic carbocycles. The Morgan fingerprint density at radius 1 is 0.829 bits per heavy atom. The highest BCUT2D eigenvalue weighted by Gasteiger charge is 2.20. The fraction of sp³-hybridized carbons (Fsp3) is 0.600. The number of ether oxygens (including phenoxy) is 4. The van der Waals surface area contributed by atoms with Crippen LogP contribution in [0.3, 0.4) is 0 Å². The first-order valence-electron chi connectivity index (χ1n) is 14.3. The van der Waals surface area contributed by atoms with Gasteiger partial charge in [0.15, 0.2) is 6.10 Å². The third-order valence-electron chi connectivity index (χ3n) is 6.33. The summed E-state index contributed by atoms with van der Waals surface area (Å²) in [6.45, 7) is 3.30. The van der Waals surface area contributed by atoms with Gasteiger partial charge in [-0.05, 0) is 34.8 Å². The van der Waals surface area contributed by atoms with Crippen molar-refractivity contribution in [3.8, 4) is 5.75 Å². The van der Waals surface area contributed by atoms with Gasteiger partial charge in [0.1, 0.15) is 31.2 Å². The Morgan fingerprint density at radius 3 is 2.10 bits per heavy atom. The van der Waals surface area contributed by atoms with Crippen LogP contribution in [-0.4, -0.2) is 42.5 Å². The second-order valence-corrected chi connectivity index (χ2v) is 10.7. The van der Waals surface area contributed by atoms with Crippen LogP contribution < -0.4 is 5.63 Å². The van der Waals surface area contributed by atoms with Crippen LogP contribution in [0.25, 0.3) is 11.0 Å². The van der Waals surface area contributed by atoms with Gasteiger partial charge in [0.2, 0.25) is 0 Å². The van der Waals surface area contributed by atoms with Crippen LogP contribution in [0, 0.1) is 0 Å². The highest BCUT2D eigenvalue weighted by atomic mass is 79.9. The number of halogens is 1. The maximum Gasteiger partial charge on any atom is 0.508 e. The maximum absolute atomic E-state index is 12.4. The molecule has 1 N–H and O–H groups in total. The van der Waals surface area contributed by atoms with Gasteiger partial charge >= 0.3 is 23.7 Å². The van der Waals surface area contributed by atoms with Crippen LogP contribution in [0.5, 0.6) is 5.75 Å². The Morgan fingerprint density at radius 2 is 1.44 bits per heavy atom. The lowest BCUT2D eigenvalue weighted by Gasteiger charge is -2.18. The van der Waals surface area contributed by atoms with Gasteiger partial charge in [0.05, 0.1) is 4.47 Å². The van der Waals surface area contributed by atoms with Gasteiger partial charge in [-0.15, -0.1) is 0 Å². The highest BCUT2D eigenvalue weighted by Crippen LogP contribution is 2.30. The summed E-state index contributed by atoms with van der Waals surface area (Å²) in [7, 11) is 0. The molecule has 0 saturated heterocycles. The van der Waals surface area contributed by atoms with Crippen molar-refractivity contribution in [3.63, 3.8) is 0 Å². The third kappa shape index (κ3) is 13.4. The number of phenols is 1. The van der Waals surface area contributed by atoms with Crippen molar-refractivity contribution in [3.05, 3.63) is 38.7 Å². The number of rotatable bonds is 19. The topological polar surface area (TPSA) is 139 Å². The molecule has 11 heteroatoms. The Hall–Kier alpha value is -3.08. The summed E-state index contributed by atoms with van der Waals surface area (Å²) in [5.74, 6) is -0.982. The minimum atomic E-state index is -1.06. The number of carbonyl (C=O) groups is 3. The summed E-state index contributed by atoms with van der Waals surface area (Å²) in [6, 6.07) is 3.98. The zero-order valence-corrected chi connectivity index (χ0v) is 25.5. The zero-order chi connectivity index (χ0) is 30.0. The first kappa shape index (κ1) is 34.1. The molecule has 0 bridgehead atoms. The Bertz CT molecular complexity index is 1180. The van der Waals surface area contributed by atoms with E-state index in [9.17, 15) is 24.3 Å². The number of esters is 2. The average Bonchev–Trinajstić information content (AvgIpc) is 2.93. The number of benzene rings is 1. The molecule has 10 nitrogen and oxygen atoms in total. The van der Waals surface area contributed by atoms with Crippen LogP contribution in [-0.2, 0) is 35.1 Å². The molecule has 1 heterocycles. The van der Waals surface area contributed by atoms with E-state index in [1.54, 1.807) is 0 Å². The average molecular weight is 642 g/mol. The largest absolute Gasteiger partial charge is 0.508 e. The van der Waals surface area contributed by atoms with Crippen LogP contribution in [0.4, 0.5) is 4.79 Å². The zero-order valence-electron chi connectivity index (χ0n) is 23.9. The number of hydrogen-bond acceptors (Lipinski definition) is 10. The van der Waals surface area contributed by atoms with Gasteiger partial charge in [-0.3, -0.25) is 9.59 Å². The maximum atomic E-state index is 12.4. The molecule has 0 aliphatic carbocycles. The van der Waals surface area contributed by atoms with Crippen molar-refractivity contribution in [2.24, 2.45) is 0 Å². The molecule has 0 aliphatic rings. The number of phenolic OH excluding ortho intramolecular Hbond substituents is 1. The highest BCUT2D eigenvalue weighted by molar-refractivity contribution is 9.10. The SMILES string of the molecule is CCCCCCCC(=O)OCC(COC(=O)OCc1cc(=O)oc2cc(O)c(Br)cc12)OC(=O)CCCCCCC. The summed E-state index contributed by atoms with van der Waals surface area (Å²) in [5, 5.41) is 10.3. The predicted molar refractivity (Wildman–Crippen MR) is 156 cm³/mol. The normalized spacial score (nSPS) is 11.7. The monoisotopic (exact) mass is 640 g/mol. The van der Waals surface area contributed by atoms with Gasteiger partial charge in [-0.2, -0.15) is 0 Å². The molecule has 41 heavy (non-hydrogen) atoms. The Balaban J connectivity index is 1.91. The molecule has 1 aromatic heterocycles. The summed E-state index contributed by atoms with van der Waals surface area (Å²) in [4.78, 5) is 48.8. The van der Waals surface area contributed by atoms with Crippen molar-refractivity contribution in [2.45, 2.75) is 104 Å². The van der Waals surface area contributed by atoms with E-state index in [0.717, 1.165) is 51.4 Å². The lowest BCUT2D eigenvalue weighted by atomic mass is 10.1. The summed E-state index contributed by atoms with van der Waals surface area (Å²) >= 11 is 3.20. The van der Waals surface area contributed by atoms with Gasteiger partial charge in [0, 0.05) is 35.9 Å². The van der Waals surface area contributed by atoms with E-state index >= 15 is 0 Å². The minimum absolute atomic E-state index is 0.114. The third-order valence-corrected chi connectivity index (χ3v) is 6.96. The van der Waals surface area contributed by atoms with Crippen LogP contribution >= 0.6 is 15.9 Å². The number of unbranched alkanes of at least 4 members (excludes halogenated alkanes) is 8. The molecule has 0 spiro atoms. The number of fused-ring (bicyclic) bond motifs is 1. The van der Waals surface area contributed by atoms with Crippen molar-refractivity contribution in [1.82, 2.24) is 0 Å². The van der Waals surface area contributed by atoms with E-state index in [-0.39, 0.29) is 44.0 Å². The predicted octanol–water partition coefficient (Wildman–Crippen LogP) is 7.09. The number of hydrogen-bond donors (Lipinski definition) is 1. The number of carbonyl (C=O) groups excluding carboxylic acids is 3. The first-order valence-corrected chi connectivity index (χ1v) is 15.1. The van der Waals surface area contributed by atoms with Crippen molar-refractivity contribution in [2.75, 3.05) is 13.2 Å². The molecular weight excluding hydrogens is 600 g/mol. The quantitative estimate of drug-likeness (QED) is 0.0732. The van der Waals surface area contributed by atoms with Crippen molar-refractivity contribution in [1.29, 1.82) is 0 Å². The molecule has 0 saturated carbocycles. The first-order chi connectivity index (χ1) is 19.7. The van der Waals surface area contributed by atoms with Crippen LogP contribution in [0.15, 0.2) is 31.9 Å². The van der Waals surface area contributed by atoms with Crippen molar-refractivity contribution < 1.29 is 42.9 Å². The smallest absolute Gasteiger partial charge is 0.507 e. The van der Waals surface area contributed by atoms with Gasteiger partial charge in [-0.25, -0.2) is 9.59 Å². The standard InChI is InChI=1S/C30H41BrO10/c1-3-5-7-9-11-13-27(33)37-19-22(40-28(34)14-12-10-8-6-4-2)20-39-30(36)38-18-21-15-29(35)41-26-17-25(32)24(31)16-23(21)26/h15-17,22,32H,3-14,18-20H2,1-2H3. The summed E-state index contributed by atoms with van der Waals surface area (Å²) in [6.07, 6.45) is 8.18. The van der Waals surface area contributed by atoms with Crippen LogP contribution in [0.1, 0.15) is 96.5 Å². The van der Waals surface area contributed by atoms with Gasteiger partial charge < -0.3 is 28.5 Å². The molecule has 228 valence electrons. The number of aromatic hydroxyl groups is 1. The molecule has 2 rings (SSSR count). The molecule has 0 fully saturated rings. The minimum Gasteiger partial charge on any atom is -0.507 e. The summed E-state index contributed by atoms with van der Waals surface area (Å²) < 4.78 is 26.5. The summed E-state index contributed by atoms with van der Waals surface area (Å²) in [5.41, 5.74) is -0.216. The fourth-order valence-electron chi connectivity index (χ4n) is 4.06. The van der Waals surface area contributed by atoms with Crippen molar-refractivity contribution >= 4 is 45.0 Å². The molecule has 2 aromatic rings. The fourth-order valence-corrected chi connectivity index (χ4v) is 4.40. The van der Waals surface area contributed by atoms with E-state index < -0.39 is 29.8 Å². The van der Waals surface area contributed by atoms with Gasteiger partial charge in [-0.1, -0.05) is 65.2 Å². The van der Waals surface area contributed by atoms with E-state index in [1.165, 1.54) is 18.2 Å². The second kappa shape index (κ2) is 19.1. The van der Waals surface area contributed by atoms with E-state index in [1.807, 2.05) is 0 Å². The molecule has 1 atom stereocenters. The Labute approximate surface area is 248 Å². The Kier molecular flexibility index (Phi) is 15.9. The lowest BCUT2D eigenvalue weighted by molar-refractivity contribution is -0.162. The van der Waals surface area contributed by atoms with E-state index in [4.69, 9.17) is 23.4 Å². The molecule has 0 amide bonds. The second-order valence-electron chi connectivity index (χ2n) is 9.86. The molecular formula is C30H41BrO10. The van der Waals surface area contributed by atoms with E-state index in [0.29, 0.717) is 28.3 Å². The molecule has 0 aliphatic heterocycles. The lowest BCUT2D eigenvalue weighted by Crippen LogP contribution is -2.31. The van der Waals surface area contributed by atoms with Gasteiger partial charge in [0.25, 0.3) is 0 Å².